The molecule has 0 saturated carbocycles. The zero-order valence-corrected chi connectivity index (χ0v) is 13.8. The number of hydrogen-bond donors (Lipinski definition) is 2. The Hall–Kier alpha value is -0.330. The van der Waals surface area contributed by atoms with E-state index < -0.39 is 10.0 Å². The largest absolute Gasteiger partial charge is 0.311 e. The average Bonchev–Trinajstić information content (AvgIpc) is 2.72. The van der Waals surface area contributed by atoms with Gasteiger partial charge in [-0.1, -0.05) is 29.3 Å². The smallest absolute Gasteiger partial charge is 0.216 e. The lowest BCUT2D eigenvalue weighted by molar-refractivity contribution is 0.345. The summed E-state index contributed by atoms with van der Waals surface area (Å²) in [6.07, 6.45) is 4.04. The van der Waals surface area contributed by atoms with Gasteiger partial charge >= 0.3 is 0 Å². The lowest BCUT2D eigenvalue weighted by Gasteiger charge is -2.29. The fourth-order valence-electron chi connectivity index (χ4n) is 3.30. The van der Waals surface area contributed by atoms with Crippen LogP contribution in [0.25, 0.3) is 0 Å². The first-order chi connectivity index (χ1) is 9.91. The summed E-state index contributed by atoms with van der Waals surface area (Å²) in [6.45, 7) is 0. The molecule has 1 aromatic rings. The monoisotopic (exact) mass is 348 g/mol. The lowest BCUT2D eigenvalue weighted by atomic mass is 10.0. The molecule has 21 heavy (non-hydrogen) atoms. The van der Waals surface area contributed by atoms with Crippen molar-refractivity contribution in [3.63, 3.8) is 0 Å². The zero-order chi connectivity index (χ0) is 15.0. The van der Waals surface area contributed by atoms with Crippen molar-refractivity contribution >= 4 is 33.2 Å². The third-order valence-corrected chi connectivity index (χ3v) is 6.30. The Morgan fingerprint density at radius 2 is 1.81 bits per heavy atom. The second-order valence-electron chi connectivity index (χ2n) is 5.93. The fraction of sp³-hybridized carbons (Fsp3) is 0.571. The van der Waals surface area contributed by atoms with Crippen molar-refractivity contribution in [2.75, 3.05) is 0 Å². The molecule has 7 heteroatoms. The predicted molar refractivity (Wildman–Crippen MR) is 85.2 cm³/mol. The van der Waals surface area contributed by atoms with Crippen molar-refractivity contribution in [3.8, 4) is 0 Å². The Morgan fingerprint density at radius 1 is 1.14 bits per heavy atom. The topological polar surface area (TPSA) is 58.2 Å². The van der Waals surface area contributed by atoms with Gasteiger partial charge in [-0.2, -0.15) is 0 Å². The first-order valence-corrected chi connectivity index (χ1v) is 9.52. The molecule has 3 rings (SSSR count). The van der Waals surface area contributed by atoms with Crippen LogP contribution in [-0.4, -0.2) is 26.5 Å². The Bertz CT molecular complexity index is 624. The van der Waals surface area contributed by atoms with E-state index in [1.807, 2.05) is 0 Å². The van der Waals surface area contributed by atoms with Gasteiger partial charge in [0.05, 0.1) is 15.8 Å². The molecule has 2 bridgehead atoms. The molecule has 1 aromatic carbocycles. The normalized spacial score (nSPS) is 28.8. The van der Waals surface area contributed by atoms with E-state index in [1.54, 1.807) is 18.2 Å². The molecule has 2 N–H and O–H groups in total. The second-order valence-corrected chi connectivity index (χ2v) is 8.50. The van der Waals surface area contributed by atoms with Gasteiger partial charge in [-0.05, 0) is 43.4 Å². The van der Waals surface area contributed by atoms with Gasteiger partial charge in [-0.3, -0.25) is 0 Å². The highest BCUT2D eigenvalue weighted by molar-refractivity contribution is 7.88. The fourth-order valence-corrected chi connectivity index (χ4v) is 5.02. The summed E-state index contributed by atoms with van der Waals surface area (Å²) < 4.78 is 27.4. The number of nitrogens with one attached hydrogen (secondary N) is 2. The van der Waals surface area contributed by atoms with Crippen molar-refractivity contribution in [2.45, 2.75) is 49.6 Å². The van der Waals surface area contributed by atoms with E-state index in [-0.39, 0.29) is 11.8 Å². The highest BCUT2D eigenvalue weighted by atomic mass is 35.5. The molecule has 2 aliphatic rings. The third-order valence-electron chi connectivity index (χ3n) is 4.16. The van der Waals surface area contributed by atoms with Gasteiger partial charge in [0.1, 0.15) is 0 Å². The molecular weight excluding hydrogens is 331 g/mol. The Kier molecular flexibility index (Phi) is 4.48. The summed E-state index contributed by atoms with van der Waals surface area (Å²) in [5, 5.41) is 4.31. The number of fused-ring (bicyclic) bond motifs is 2. The van der Waals surface area contributed by atoms with Gasteiger partial charge < -0.3 is 5.32 Å². The maximum absolute atomic E-state index is 12.3. The number of hydrogen-bond acceptors (Lipinski definition) is 3. The van der Waals surface area contributed by atoms with E-state index in [0.29, 0.717) is 27.7 Å². The molecule has 0 aliphatic carbocycles. The molecule has 0 spiro atoms. The van der Waals surface area contributed by atoms with Crippen LogP contribution in [0, 0.1) is 0 Å². The van der Waals surface area contributed by atoms with Crippen molar-refractivity contribution in [2.24, 2.45) is 0 Å². The van der Waals surface area contributed by atoms with E-state index in [4.69, 9.17) is 23.2 Å². The predicted octanol–water partition coefficient (Wildman–Crippen LogP) is 2.70. The van der Waals surface area contributed by atoms with Crippen LogP contribution in [0.2, 0.25) is 10.0 Å². The van der Waals surface area contributed by atoms with Crippen LogP contribution in [0.1, 0.15) is 31.2 Å². The van der Waals surface area contributed by atoms with Crippen LogP contribution >= 0.6 is 23.2 Å². The highest BCUT2D eigenvalue weighted by Gasteiger charge is 2.35. The van der Waals surface area contributed by atoms with Gasteiger partial charge in [-0.25, -0.2) is 13.1 Å². The first kappa shape index (κ1) is 15.6. The van der Waals surface area contributed by atoms with Crippen LogP contribution in [0.4, 0.5) is 0 Å². The standard InChI is InChI=1S/C14H18Cl2N2O2S/c15-13-4-1-9(5-14(13)16)8-21(19,20)18-12-6-10-2-3-11(7-12)17-10/h1,4-5,10-12,17-18H,2-3,6-8H2. The SMILES string of the molecule is O=S(=O)(Cc1ccc(Cl)c(Cl)c1)NC1CC2CCC(C1)N2. The van der Waals surface area contributed by atoms with E-state index >= 15 is 0 Å². The molecule has 0 radical (unpaired) electrons. The molecule has 4 nitrogen and oxygen atoms in total. The number of piperidine rings is 1. The van der Waals surface area contributed by atoms with Crippen LogP contribution in [0.3, 0.4) is 0 Å². The number of benzene rings is 1. The molecular formula is C14H18Cl2N2O2S. The van der Waals surface area contributed by atoms with Crippen LogP contribution in [0.15, 0.2) is 18.2 Å². The quantitative estimate of drug-likeness (QED) is 0.879. The highest BCUT2D eigenvalue weighted by Crippen LogP contribution is 2.28. The first-order valence-electron chi connectivity index (χ1n) is 7.11. The van der Waals surface area contributed by atoms with Crippen molar-refractivity contribution in [3.05, 3.63) is 33.8 Å². The zero-order valence-electron chi connectivity index (χ0n) is 11.5. The molecule has 0 aromatic heterocycles. The minimum Gasteiger partial charge on any atom is -0.311 e. The van der Waals surface area contributed by atoms with Crippen molar-refractivity contribution in [1.82, 2.24) is 10.0 Å². The lowest BCUT2D eigenvalue weighted by Crippen LogP contribution is -2.48. The van der Waals surface area contributed by atoms with Crippen LogP contribution in [0.5, 0.6) is 0 Å². The number of sulfonamides is 1. The maximum atomic E-state index is 12.3. The Balaban J connectivity index is 1.65. The molecule has 2 fully saturated rings. The average molecular weight is 349 g/mol. The van der Waals surface area contributed by atoms with E-state index in [1.165, 1.54) is 0 Å². The van der Waals surface area contributed by atoms with Crippen molar-refractivity contribution < 1.29 is 8.42 Å². The summed E-state index contributed by atoms with van der Waals surface area (Å²) in [5.74, 6) is -0.0663. The molecule has 116 valence electrons. The third kappa shape index (κ3) is 3.90. The minimum absolute atomic E-state index is 0.0384. The molecule has 2 unspecified atom stereocenters. The minimum atomic E-state index is -3.36. The van der Waals surface area contributed by atoms with Gasteiger partial charge in [0.2, 0.25) is 10.0 Å². The summed E-state index contributed by atoms with van der Waals surface area (Å²) in [5.41, 5.74) is 0.647. The summed E-state index contributed by atoms with van der Waals surface area (Å²) in [7, 11) is -3.36. The molecule has 2 saturated heterocycles. The van der Waals surface area contributed by atoms with Crippen LogP contribution < -0.4 is 10.0 Å². The van der Waals surface area contributed by atoms with Gasteiger partial charge in [-0.15, -0.1) is 0 Å². The summed E-state index contributed by atoms with van der Waals surface area (Å²) in [4.78, 5) is 0. The maximum Gasteiger partial charge on any atom is 0.216 e. The molecule has 2 aliphatic heterocycles. The van der Waals surface area contributed by atoms with E-state index in [2.05, 4.69) is 10.0 Å². The Morgan fingerprint density at radius 3 is 2.43 bits per heavy atom. The van der Waals surface area contributed by atoms with Crippen LogP contribution in [-0.2, 0) is 15.8 Å². The van der Waals surface area contributed by atoms with Gasteiger partial charge in [0, 0.05) is 18.1 Å². The van der Waals surface area contributed by atoms with Crippen molar-refractivity contribution in [1.29, 1.82) is 0 Å². The summed E-state index contributed by atoms with van der Waals surface area (Å²) >= 11 is 11.8. The molecule has 2 heterocycles. The number of rotatable bonds is 4. The molecule has 0 amide bonds. The second kappa shape index (κ2) is 6.05. The van der Waals surface area contributed by atoms with E-state index in [0.717, 1.165) is 25.7 Å². The molecule has 2 atom stereocenters. The van der Waals surface area contributed by atoms with E-state index in [9.17, 15) is 8.42 Å². The van der Waals surface area contributed by atoms with Gasteiger partial charge in [0.15, 0.2) is 0 Å². The Labute approximate surface area is 135 Å². The number of halogens is 2. The summed E-state index contributed by atoms with van der Waals surface area (Å²) in [6, 6.07) is 5.88. The van der Waals surface area contributed by atoms with Gasteiger partial charge in [0.25, 0.3) is 0 Å².